The number of halogens is 1. The van der Waals surface area contributed by atoms with Gasteiger partial charge in [0.1, 0.15) is 24.4 Å². The van der Waals surface area contributed by atoms with Gasteiger partial charge in [-0.2, -0.15) is 0 Å². The van der Waals surface area contributed by atoms with Crippen molar-refractivity contribution in [3.8, 4) is 0 Å². The molecule has 0 aliphatic carbocycles. The van der Waals surface area contributed by atoms with E-state index in [0.717, 1.165) is 0 Å². The summed E-state index contributed by atoms with van der Waals surface area (Å²) in [6.45, 7) is 0. The number of aliphatic hydroxyl groups is 3. The van der Waals surface area contributed by atoms with Crippen LogP contribution in [-0.2, 0) is 9.47 Å². The van der Waals surface area contributed by atoms with E-state index in [1.165, 1.54) is 7.11 Å². The molecule has 0 unspecified atom stereocenters. The number of alkyl halides is 1. The van der Waals surface area contributed by atoms with E-state index in [-0.39, 0.29) is 5.88 Å². The summed E-state index contributed by atoms with van der Waals surface area (Å²) < 4.78 is 9.82. The van der Waals surface area contributed by atoms with E-state index in [4.69, 9.17) is 21.1 Å². The molecule has 0 aromatic heterocycles. The summed E-state index contributed by atoms with van der Waals surface area (Å²) in [5.74, 6) is 0.0325. The summed E-state index contributed by atoms with van der Waals surface area (Å²) in [4.78, 5) is 0. The summed E-state index contributed by atoms with van der Waals surface area (Å²) in [7, 11) is 1.34. The first-order valence-corrected chi connectivity index (χ1v) is 4.43. The predicted molar refractivity (Wildman–Crippen MR) is 44.4 cm³/mol. The van der Waals surface area contributed by atoms with Crippen molar-refractivity contribution >= 4 is 11.6 Å². The Labute approximate surface area is 80.8 Å². The summed E-state index contributed by atoms with van der Waals surface area (Å²) in [5, 5.41) is 28.0. The van der Waals surface area contributed by atoms with E-state index in [1.807, 2.05) is 0 Å². The Kier molecular flexibility index (Phi) is 3.90. The van der Waals surface area contributed by atoms with E-state index in [0.29, 0.717) is 0 Å². The van der Waals surface area contributed by atoms with Gasteiger partial charge in [-0.05, 0) is 0 Å². The molecule has 1 aliphatic rings. The summed E-state index contributed by atoms with van der Waals surface area (Å²) in [6.07, 6.45) is -5.38. The normalized spacial score (nSPS) is 46.4. The molecular formula is C7H13ClO5. The Hall–Kier alpha value is 0.0900. The zero-order valence-electron chi connectivity index (χ0n) is 7.13. The van der Waals surface area contributed by atoms with Crippen molar-refractivity contribution in [2.45, 2.75) is 30.7 Å². The maximum Gasteiger partial charge on any atom is 0.186 e. The molecule has 0 amide bonds. The minimum Gasteiger partial charge on any atom is -0.388 e. The predicted octanol–water partition coefficient (Wildman–Crippen LogP) is -1.32. The minimum atomic E-state index is -1.29. The molecule has 0 radical (unpaired) electrons. The van der Waals surface area contributed by atoms with Crippen LogP contribution in [-0.4, -0.2) is 59.0 Å². The van der Waals surface area contributed by atoms with Crippen molar-refractivity contribution in [1.29, 1.82) is 0 Å². The van der Waals surface area contributed by atoms with Crippen molar-refractivity contribution in [2.75, 3.05) is 13.0 Å². The molecule has 0 aromatic rings. The lowest BCUT2D eigenvalue weighted by molar-refractivity contribution is -0.285. The van der Waals surface area contributed by atoms with Gasteiger partial charge < -0.3 is 24.8 Å². The fourth-order valence-corrected chi connectivity index (χ4v) is 1.49. The highest BCUT2D eigenvalue weighted by Crippen LogP contribution is 2.22. The van der Waals surface area contributed by atoms with Crippen LogP contribution in [0.3, 0.4) is 0 Å². The lowest BCUT2D eigenvalue weighted by Gasteiger charge is -2.38. The van der Waals surface area contributed by atoms with Gasteiger partial charge in [-0.3, -0.25) is 0 Å². The molecule has 1 fully saturated rings. The topological polar surface area (TPSA) is 79.2 Å². The Morgan fingerprint density at radius 3 is 2.31 bits per heavy atom. The minimum absolute atomic E-state index is 0.0325. The SMILES string of the molecule is CO[C@H]1O[C@H](CCl)[C@@H](O)[C@@H](O)[C@@H]1O. The molecule has 1 aliphatic heterocycles. The van der Waals surface area contributed by atoms with Crippen LogP contribution in [0.4, 0.5) is 0 Å². The summed E-state index contributed by atoms with van der Waals surface area (Å²) in [5.41, 5.74) is 0. The Morgan fingerprint density at radius 2 is 1.85 bits per heavy atom. The van der Waals surface area contributed by atoms with Gasteiger partial charge in [0.2, 0.25) is 0 Å². The van der Waals surface area contributed by atoms with E-state index >= 15 is 0 Å². The van der Waals surface area contributed by atoms with Gasteiger partial charge in [0.15, 0.2) is 6.29 Å². The molecule has 0 bridgehead atoms. The smallest absolute Gasteiger partial charge is 0.186 e. The zero-order chi connectivity index (χ0) is 10.0. The number of hydrogen-bond donors (Lipinski definition) is 3. The van der Waals surface area contributed by atoms with E-state index < -0.39 is 30.7 Å². The maximum absolute atomic E-state index is 9.35. The molecule has 0 spiro atoms. The molecule has 13 heavy (non-hydrogen) atoms. The third-order valence-corrected chi connectivity index (χ3v) is 2.36. The second-order valence-corrected chi connectivity index (χ2v) is 3.21. The molecule has 3 N–H and O–H groups in total. The lowest BCUT2D eigenvalue weighted by atomic mass is 10.00. The van der Waals surface area contributed by atoms with Crippen LogP contribution in [0.25, 0.3) is 0 Å². The third kappa shape index (κ3) is 2.12. The molecule has 0 aromatic carbocycles. The third-order valence-electron chi connectivity index (χ3n) is 2.05. The zero-order valence-corrected chi connectivity index (χ0v) is 7.89. The Balaban J connectivity index is 2.66. The molecule has 5 nitrogen and oxygen atoms in total. The number of ether oxygens (including phenoxy) is 2. The highest BCUT2D eigenvalue weighted by molar-refractivity contribution is 6.18. The maximum atomic E-state index is 9.35. The van der Waals surface area contributed by atoms with Gasteiger partial charge in [0, 0.05) is 7.11 Å². The second-order valence-electron chi connectivity index (χ2n) is 2.90. The fourth-order valence-electron chi connectivity index (χ4n) is 1.24. The Morgan fingerprint density at radius 1 is 1.23 bits per heavy atom. The standard InChI is InChI=1S/C7H13ClO5/c1-12-7-6(11)5(10)4(9)3(2-8)13-7/h3-7,9-11H,2H2,1H3/t3-,4-,5-,6+,7+/m1/s1. The first-order valence-electron chi connectivity index (χ1n) is 3.90. The molecule has 1 rings (SSSR count). The largest absolute Gasteiger partial charge is 0.388 e. The van der Waals surface area contributed by atoms with Crippen molar-refractivity contribution in [3.63, 3.8) is 0 Å². The first kappa shape index (κ1) is 11.2. The van der Waals surface area contributed by atoms with Gasteiger partial charge in [-0.15, -0.1) is 11.6 Å². The van der Waals surface area contributed by atoms with E-state index in [1.54, 1.807) is 0 Å². The average molecular weight is 213 g/mol. The monoisotopic (exact) mass is 212 g/mol. The van der Waals surface area contributed by atoms with E-state index in [9.17, 15) is 15.3 Å². The highest BCUT2D eigenvalue weighted by Gasteiger charge is 2.43. The van der Waals surface area contributed by atoms with Crippen molar-refractivity contribution in [3.05, 3.63) is 0 Å². The van der Waals surface area contributed by atoms with Gasteiger partial charge in [-0.1, -0.05) is 0 Å². The molecule has 78 valence electrons. The fraction of sp³-hybridized carbons (Fsp3) is 1.00. The van der Waals surface area contributed by atoms with Crippen LogP contribution in [0, 0.1) is 0 Å². The molecule has 1 saturated heterocycles. The van der Waals surface area contributed by atoms with Crippen molar-refractivity contribution < 1.29 is 24.8 Å². The number of aliphatic hydroxyl groups excluding tert-OH is 3. The van der Waals surface area contributed by atoms with Gasteiger partial charge in [-0.25, -0.2) is 0 Å². The van der Waals surface area contributed by atoms with Crippen LogP contribution < -0.4 is 0 Å². The molecule has 1 heterocycles. The van der Waals surface area contributed by atoms with Crippen LogP contribution >= 0.6 is 11.6 Å². The number of methoxy groups -OCH3 is 1. The average Bonchev–Trinajstić information content (AvgIpc) is 2.15. The van der Waals surface area contributed by atoms with Gasteiger partial charge in [0.05, 0.1) is 5.88 Å². The van der Waals surface area contributed by atoms with Gasteiger partial charge in [0.25, 0.3) is 0 Å². The lowest BCUT2D eigenvalue weighted by Crippen LogP contribution is -2.58. The van der Waals surface area contributed by atoms with Crippen molar-refractivity contribution in [2.24, 2.45) is 0 Å². The molecule has 0 saturated carbocycles. The Bertz CT molecular complexity index is 147. The quantitative estimate of drug-likeness (QED) is 0.495. The summed E-state index contributed by atoms with van der Waals surface area (Å²) >= 11 is 5.48. The first-order chi connectivity index (χ1) is 6.11. The number of rotatable bonds is 2. The van der Waals surface area contributed by atoms with Crippen molar-refractivity contribution in [1.82, 2.24) is 0 Å². The summed E-state index contributed by atoms with van der Waals surface area (Å²) in [6, 6.07) is 0. The van der Waals surface area contributed by atoms with Crippen LogP contribution in [0.2, 0.25) is 0 Å². The van der Waals surface area contributed by atoms with Crippen LogP contribution in [0.5, 0.6) is 0 Å². The number of hydrogen-bond acceptors (Lipinski definition) is 5. The molecule has 5 atom stereocenters. The molecule has 6 heteroatoms. The second kappa shape index (κ2) is 4.54. The van der Waals surface area contributed by atoms with Crippen LogP contribution in [0.15, 0.2) is 0 Å². The highest BCUT2D eigenvalue weighted by atomic mass is 35.5. The molecular weight excluding hydrogens is 200 g/mol. The van der Waals surface area contributed by atoms with E-state index in [2.05, 4.69) is 0 Å². The van der Waals surface area contributed by atoms with Gasteiger partial charge >= 0.3 is 0 Å². The van der Waals surface area contributed by atoms with Crippen LogP contribution in [0.1, 0.15) is 0 Å².